The Morgan fingerprint density at radius 3 is 2.73 bits per heavy atom. The lowest BCUT2D eigenvalue weighted by Gasteiger charge is -2.20. The highest BCUT2D eigenvalue weighted by atomic mass is 32.1. The molecule has 4 rings (SSSR count). The molecule has 0 radical (unpaired) electrons. The molecule has 0 aliphatic carbocycles. The van der Waals surface area contributed by atoms with Crippen molar-refractivity contribution in [2.24, 2.45) is 0 Å². The van der Waals surface area contributed by atoms with Gasteiger partial charge in [-0.2, -0.15) is 0 Å². The highest BCUT2D eigenvalue weighted by molar-refractivity contribution is 7.15. The number of likely N-dealkylation sites (N-methyl/N-ethyl adjacent to an activating group) is 1. The van der Waals surface area contributed by atoms with Gasteiger partial charge in [0.2, 0.25) is 5.91 Å². The van der Waals surface area contributed by atoms with Gasteiger partial charge < -0.3 is 4.90 Å². The maximum absolute atomic E-state index is 12.8. The van der Waals surface area contributed by atoms with Gasteiger partial charge in [-0.25, -0.2) is 4.98 Å². The number of rotatable bonds is 6. The van der Waals surface area contributed by atoms with E-state index in [1.54, 1.807) is 22.7 Å². The van der Waals surface area contributed by atoms with Crippen molar-refractivity contribution >= 4 is 33.5 Å². The monoisotopic (exact) mass is 381 g/mol. The second-order valence-corrected chi connectivity index (χ2v) is 7.90. The summed E-state index contributed by atoms with van der Waals surface area (Å²) >= 11 is 3.27. The lowest BCUT2D eigenvalue weighted by molar-refractivity contribution is -0.130. The third-order valence-electron chi connectivity index (χ3n) is 4.35. The molecule has 6 heteroatoms. The normalized spacial score (nSPS) is 11.1. The molecule has 0 fully saturated rings. The highest BCUT2D eigenvalue weighted by Crippen LogP contribution is 2.24. The molecule has 1 amide bonds. The van der Waals surface area contributed by atoms with E-state index in [1.165, 1.54) is 4.88 Å². The zero-order chi connectivity index (χ0) is 17.9. The van der Waals surface area contributed by atoms with Gasteiger partial charge >= 0.3 is 0 Å². The highest BCUT2D eigenvalue weighted by Gasteiger charge is 2.17. The number of imidazole rings is 1. The zero-order valence-corrected chi connectivity index (χ0v) is 16.1. The van der Waals surface area contributed by atoms with Gasteiger partial charge in [0, 0.05) is 34.3 Å². The van der Waals surface area contributed by atoms with Crippen LogP contribution >= 0.6 is 22.7 Å². The first-order valence-corrected chi connectivity index (χ1v) is 10.3. The lowest BCUT2D eigenvalue weighted by atomic mass is 10.2. The molecule has 4 nitrogen and oxygen atoms in total. The minimum absolute atomic E-state index is 0.149. The van der Waals surface area contributed by atoms with Crippen LogP contribution in [0.15, 0.2) is 59.4 Å². The van der Waals surface area contributed by atoms with Gasteiger partial charge in [0.05, 0.1) is 18.7 Å². The molecular weight excluding hydrogens is 362 g/mol. The predicted molar refractivity (Wildman–Crippen MR) is 108 cm³/mol. The third kappa shape index (κ3) is 3.43. The fraction of sp³-hybridized carbons (Fsp3) is 0.200. The van der Waals surface area contributed by atoms with E-state index in [1.807, 2.05) is 57.4 Å². The van der Waals surface area contributed by atoms with Crippen LogP contribution in [-0.4, -0.2) is 26.7 Å². The van der Waals surface area contributed by atoms with Crippen LogP contribution in [0.1, 0.15) is 17.5 Å². The smallest absolute Gasteiger partial charge is 0.228 e. The van der Waals surface area contributed by atoms with Crippen molar-refractivity contribution < 1.29 is 4.79 Å². The SMILES string of the molecule is CCN(Cc1cccs1)C(=O)Cc1csc2nc(-c3ccccc3)cn12. The molecule has 0 unspecified atom stereocenters. The third-order valence-corrected chi connectivity index (χ3v) is 6.10. The summed E-state index contributed by atoms with van der Waals surface area (Å²) in [7, 11) is 0. The van der Waals surface area contributed by atoms with E-state index in [0.29, 0.717) is 19.5 Å². The molecule has 26 heavy (non-hydrogen) atoms. The maximum Gasteiger partial charge on any atom is 0.228 e. The summed E-state index contributed by atoms with van der Waals surface area (Å²) in [5.41, 5.74) is 3.03. The minimum Gasteiger partial charge on any atom is -0.337 e. The van der Waals surface area contributed by atoms with Crippen LogP contribution in [0.4, 0.5) is 0 Å². The van der Waals surface area contributed by atoms with Gasteiger partial charge in [0.1, 0.15) is 0 Å². The number of benzene rings is 1. The van der Waals surface area contributed by atoms with Crippen LogP contribution in [0, 0.1) is 0 Å². The van der Waals surface area contributed by atoms with Crippen molar-refractivity contribution in [3.63, 3.8) is 0 Å². The Morgan fingerprint density at radius 2 is 2.00 bits per heavy atom. The first-order chi connectivity index (χ1) is 12.7. The van der Waals surface area contributed by atoms with E-state index in [-0.39, 0.29) is 5.91 Å². The molecule has 4 aromatic rings. The summed E-state index contributed by atoms with van der Waals surface area (Å²) in [5, 5.41) is 4.08. The van der Waals surface area contributed by atoms with Crippen molar-refractivity contribution in [2.45, 2.75) is 19.9 Å². The van der Waals surface area contributed by atoms with E-state index in [0.717, 1.165) is 21.9 Å². The molecule has 0 saturated carbocycles. The van der Waals surface area contributed by atoms with E-state index < -0.39 is 0 Å². The second kappa shape index (κ2) is 7.43. The lowest BCUT2D eigenvalue weighted by Crippen LogP contribution is -2.31. The Hall–Kier alpha value is -2.44. The Bertz CT molecular complexity index is 1000. The molecule has 0 N–H and O–H groups in total. The number of nitrogens with zero attached hydrogens (tertiary/aromatic N) is 3. The van der Waals surface area contributed by atoms with Crippen molar-refractivity contribution in [3.05, 3.63) is 70.0 Å². The Kier molecular flexibility index (Phi) is 4.86. The fourth-order valence-corrected chi connectivity index (χ4v) is 4.53. The predicted octanol–water partition coefficient (Wildman–Crippen LogP) is 4.72. The zero-order valence-electron chi connectivity index (χ0n) is 14.5. The minimum atomic E-state index is 0.149. The molecule has 0 bridgehead atoms. The van der Waals surface area contributed by atoms with E-state index in [2.05, 4.69) is 18.2 Å². The molecule has 3 aromatic heterocycles. The molecular formula is C20H19N3OS2. The number of hydrogen-bond donors (Lipinski definition) is 0. The summed E-state index contributed by atoms with van der Waals surface area (Å²) in [6.07, 6.45) is 2.42. The number of thiophene rings is 1. The van der Waals surface area contributed by atoms with Crippen molar-refractivity contribution in [2.75, 3.05) is 6.54 Å². The number of carbonyl (C=O) groups is 1. The number of thiazole rings is 1. The van der Waals surface area contributed by atoms with Crippen molar-refractivity contribution in [1.29, 1.82) is 0 Å². The summed E-state index contributed by atoms with van der Waals surface area (Å²) in [5.74, 6) is 0.149. The Balaban J connectivity index is 1.54. The van der Waals surface area contributed by atoms with Gasteiger partial charge in [0.15, 0.2) is 4.96 Å². The Morgan fingerprint density at radius 1 is 1.15 bits per heavy atom. The second-order valence-electron chi connectivity index (χ2n) is 6.04. The van der Waals surface area contributed by atoms with Crippen LogP contribution in [0.2, 0.25) is 0 Å². The maximum atomic E-state index is 12.8. The number of aromatic nitrogens is 2. The first kappa shape index (κ1) is 17.0. The molecule has 132 valence electrons. The van der Waals surface area contributed by atoms with Gasteiger partial charge in [-0.05, 0) is 18.4 Å². The van der Waals surface area contributed by atoms with Crippen LogP contribution in [0.5, 0.6) is 0 Å². The van der Waals surface area contributed by atoms with Crippen LogP contribution < -0.4 is 0 Å². The van der Waals surface area contributed by atoms with Gasteiger partial charge in [0.25, 0.3) is 0 Å². The molecule has 1 aromatic carbocycles. The summed E-state index contributed by atoms with van der Waals surface area (Å²) < 4.78 is 2.05. The molecule has 0 aliphatic heterocycles. The summed E-state index contributed by atoms with van der Waals surface area (Å²) in [6.45, 7) is 3.42. The van der Waals surface area contributed by atoms with E-state index in [9.17, 15) is 4.79 Å². The van der Waals surface area contributed by atoms with E-state index in [4.69, 9.17) is 4.98 Å². The quantitative estimate of drug-likeness (QED) is 0.485. The molecule has 0 atom stereocenters. The first-order valence-electron chi connectivity index (χ1n) is 8.55. The van der Waals surface area contributed by atoms with Crippen molar-refractivity contribution in [1.82, 2.24) is 14.3 Å². The average Bonchev–Trinajstić information content (AvgIpc) is 3.39. The number of amides is 1. The van der Waals surface area contributed by atoms with Crippen molar-refractivity contribution in [3.8, 4) is 11.3 Å². The van der Waals surface area contributed by atoms with Gasteiger partial charge in [-0.15, -0.1) is 22.7 Å². The van der Waals surface area contributed by atoms with Gasteiger partial charge in [-0.3, -0.25) is 9.20 Å². The standard InChI is InChI=1S/C20H19N3OS2/c1-2-22(12-17-9-6-10-25-17)19(24)11-16-14-26-20-21-18(13-23(16)20)15-7-4-3-5-8-15/h3-10,13-14H,2,11-12H2,1H3. The molecule has 0 spiro atoms. The fourth-order valence-electron chi connectivity index (χ4n) is 2.94. The molecule has 0 saturated heterocycles. The molecule has 0 aliphatic rings. The number of carbonyl (C=O) groups excluding carboxylic acids is 1. The topological polar surface area (TPSA) is 37.6 Å². The summed E-state index contributed by atoms with van der Waals surface area (Å²) in [6, 6.07) is 14.2. The molecule has 3 heterocycles. The number of hydrogen-bond acceptors (Lipinski definition) is 4. The van der Waals surface area contributed by atoms with Crippen LogP contribution in [0.3, 0.4) is 0 Å². The largest absolute Gasteiger partial charge is 0.337 e. The Labute approximate surface area is 160 Å². The average molecular weight is 382 g/mol. The number of fused-ring (bicyclic) bond motifs is 1. The van der Waals surface area contributed by atoms with Gasteiger partial charge in [-0.1, -0.05) is 36.4 Å². The summed E-state index contributed by atoms with van der Waals surface area (Å²) in [4.78, 5) is 21.5. The van der Waals surface area contributed by atoms with Crippen LogP contribution in [-0.2, 0) is 17.8 Å². The van der Waals surface area contributed by atoms with E-state index >= 15 is 0 Å². The van der Waals surface area contributed by atoms with Crippen LogP contribution in [0.25, 0.3) is 16.2 Å².